The number of ether oxygens (including phenoxy) is 2. The predicted molar refractivity (Wildman–Crippen MR) is 161 cm³/mol. The zero-order valence-corrected chi connectivity index (χ0v) is 25.4. The second-order valence-electron chi connectivity index (χ2n) is 11.7. The number of hydrogen-bond donors (Lipinski definition) is 4. The molecule has 1 heterocycles. The number of nitrogens with zero attached hydrogens (tertiary/aromatic N) is 1. The Bertz CT molecular complexity index is 1280. The Morgan fingerprint density at radius 2 is 1.59 bits per heavy atom. The molecular weight excluding hydrogens is 568 g/mol. The standard InChI is InChI=1S/C32H42N4O8/c1-32(2,3)44-30(41)25-15-10-18-36(25)29(40)27(38)24(19-21-11-6-4-7-12-21)34-28(39)23(16-17-26(33)37)35-31(42)43-20-22-13-8-5-9-14-22/h4-9,11-14,23-25,27,38H,10,15-20H2,1-3H3,(H2,33,37)(H,34,39)(H,35,42). The number of esters is 1. The summed E-state index contributed by atoms with van der Waals surface area (Å²) >= 11 is 0. The fourth-order valence-electron chi connectivity index (χ4n) is 4.84. The van der Waals surface area contributed by atoms with E-state index in [0.717, 1.165) is 11.1 Å². The molecule has 0 aromatic heterocycles. The van der Waals surface area contributed by atoms with E-state index < -0.39 is 59.6 Å². The Kier molecular flexibility index (Phi) is 12.3. The highest BCUT2D eigenvalue weighted by Crippen LogP contribution is 2.23. The van der Waals surface area contributed by atoms with Gasteiger partial charge in [0.25, 0.3) is 5.91 Å². The first kappa shape index (κ1) is 34.0. The van der Waals surface area contributed by atoms with Crippen molar-refractivity contribution in [3.05, 3.63) is 71.8 Å². The van der Waals surface area contributed by atoms with E-state index in [-0.39, 0.29) is 32.4 Å². The van der Waals surface area contributed by atoms with Gasteiger partial charge in [-0.15, -0.1) is 0 Å². The summed E-state index contributed by atoms with van der Waals surface area (Å²) in [5.74, 6) is -2.73. The maximum atomic E-state index is 13.6. The average molecular weight is 611 g/mol. The van der Waals surface area contributed by atoms with Crippen molar-refractivity contribution >= 4 is 29.8 Å². The van der Waals surface area contributed by atoms with E-state index in [1.54, 1.807) is 75.4 Å². The molecule has 3 rings (SSSR count). The van der Waals surface area contributed by atoms with Gasteiger partial charge in [0, 0.05) is 13.0 Å². The van der Waals surface area contributed by atoms with Gasteiger partial charge in [-0.05, 0) is 57.6 Å². The molecule has 0 bridgehead atoms. The van der Waals surface area contributed by atoms with Gasteiger partial charge in [0.15, 0.2) is 6.10 Å². The van der Waals surface area contributed by atoms with Gasteiger partial charge in [0.2, 0.25) is 11.8 Å². The van der Waals surface area contributed by atoms with Crippen LogP contribution in [0.3, 0.4) is 0 Å². The highest BCUT2D eigenvalue weighted by atomic mass is 16.6. The lowest BCUT2D eigenvalue weighted by Gasteiger charge is -2.32. The number of benzene rings is 2. The lowest BCUT2D eigenvalue weighted by molar-refractivity contribution is -0.165. The summed E-state index contributed by atoms with van der Waals surface area (Å²) < 4.78 is 10.7. The molecule has 2 aromatic rings. The first-order valence-electron chi connectivity index (χ1n) is 14.7. The molecular formula is C32H42N4O8. The maximum absolute atomic E-state index is 13.6. The van der Waals surface area contributed by atoms with Crippen LogP contribution < -0.4 is 16.4 Å². The SMILES string of the molecule is CC(C)(C)OC(=O)C1CCCN1C(=O)C(O)C(Cc1ccccc1)NC(=O)C(CCC(N)=O)NC(=O)OCc1ccccc1. The molecule has 0 radical (unpaired) electrons. The second kappa shape index (κ2) is 15.9. The molecule has 12 nitrogen and oxygen atoms in total. The third kappa shape index (κ3) is 10.7. The average Bonchev–Trinajstić information content (AvgIpc) is 3.47. The minimum Gasteiger partial charge on any atom is -0.458 e. The smallest absolute Gasteiger partial charge is 0.408 e. The van der Waals surface area contributed by atoms with Crippen LogP contribution in [0.25, 0.3) is 0 Å². The van der Waals surface area contributed by atoms with E-state index in [0.29, 0.717) is 12.8 Å². The summed E-state index contributed by atoms with van der Waals surface area (Å²) in [5, 5.41) is 16.5. The Labute approximate surface area is 257 Å². The van der Waals surface area contributed by atoms with Crippen molar-refractivity contribution in [2.45, 2.75) is 89.3 Å². The topological polar surface area (TPSA) is 177 Å². The van der Waals surface area contributed by atoms with Crippen LogP contribution in [0.5, 0.6) is 0 Å². The number of amides is 4. The lowest BCUT2D eigenvalue weighted by atomic mass is 9.99. The molecule has 44 heavy (non-hydrogen) atoms. The van der Waals surface area contributed by atoms with Crippen molar-refractivity contribution in [3.8, 4) is 0 Å². The largest absolute Gasteiger partial charge is 0.458 e. The summed E-state index contributed by atoms with van der Waals surface area (Å²) in [7, 11) is 0. The molecule has 1 saturated heterocycles. The summed E-state index contributed by atoms with van der Waals surface area (Å²) in [6, 6.07) is 14.6. The first-order valence-corrected chi connectivity index (χ1v) is 14.7. The summed E-state index contributed by atoms with van der Waals surface area (Å²) in [6.45, 7) is 5.38. The van der Waals surface area contributed by atoms with Crippen LogP contribution in [-0.4, -0.2) is 76.2 Å². The van der Waals surface area contributed by atoms with E-state index in [9.17, 15) is 29.1 Å². The first-order chi connectivity index (χ1) is 20.8. The van der Waals surface area contributed by atoms with Crippen LogP contribution >= 0.6 is 0 Å². The van der Waals surface area contributed by atoms with Gasteiger partial charge in [0.1, 0.15) is 24.3 Å². The van der Waals surface area contributed by atoms with Crippen molar-refractivity contribution < 1.29 is 38.6 Å². The number of nitrogens with one attached hydrogen (secondary N) is 2. The van der Waals surface area contributed by atoms with Gasteiger partial charge in [-0.2, -0.15) is 0 Å². The molecule has 1 aliphatic rings. The minimum atomic E-state index is -1.73. The van der Waals surface area contributed by atoms with E-state index in [1.165, 1.54) is 4.90 Å². The number of carbonyl (C=O) groups excluding carboxylic acids is 5. The third-order valence-corrected chi connectivity index (χ3v) is 6.98. The second-order valence-corrected chi connectivity index (χ2v) is 11.7. The van der Waals surface area contributed by atoms with Crippen molar-refractivity contribution in [3.63, 3.8) is 0 Å². The predicted octanol–water partition coefficient (Wildman–Crippen LogP) is 1.97. The molecule has 4 unspecified atom stereocenters. The van der Waals surface area contributed by atoms with Gasteiger partial charge in [-0.25, -0.2) is 9.59 Å². The van der Waals surface area contributed by atoms with Crippen LogP contribution in [0, 0.1) is 0 Å². The molecule has 2 aromatic carbocycles. The van der Waals surface area contributed by atoms with Crippen molar-refractivity contribution in [1.29, 1.82) is 0 Å². The van der Waals surface area contributed by atoms with Crippen molar-refractivity contribution in [2.24, 2.45) is 5.73 Å². The van der Waals surface area contributed by atoms with E-state index in [2.05, 4.69) is 10.6 Å². The lowest BCUT2D eigenvalue weighted by Crippen LogP contribution is -2.58. The Morgan fingerprint density at radius 1 is 0.977 bits per heavy atom. The van der Waals surface area contributed by atoms with Crippen molar-refractivity contribution in [1.82, 2.24) is 15.5 Å². The van der Waals surface area contributed by atoms with Gasteiger partial charge < -0.3 is 35.8 Å². The molecule has 12 heteroatoms. The van der Waals surface area contributed by atoms with Gasteiger partial charge in [-0.1, -0.05) is 60.7 Å². The number of aliphatic hydroxyl groups is 1. The van der Waals surface area contributed by atoms with Gasteiger partial charge in [-0.3, -0.25) is 14.4 Å². The number of aliphatic hydroxyl groups excluding tert-OH is 1. The van der Waals surface area contributed by atoms with E-state index in [1.807, 2.05) is 6.07 Å². The highest BCUT2D eigenvalue weighted by molar-refractivity contribution is 5.90. The maximum Gasteiger partial charge on any atom is 0.408 e. The fourth-order valence-corrected chi connectivity index (χ4v) is 4.84. The zero-order valence-electron chi connectivity index (χ0n) is 25.4. The zero-order chi connectivity index (χ0) is 32.3. The Morgan fingerprint density at radius 3 is 2.18 bits per heavy atom. The molecule has 0 aliphatic carbocycles. The summed E-state index contributed by atoms with van der Waals surface area (Å²) in [4.78, 5) is 65.3. The van der Waals surface area contributed by atoms with E-state index >= 15 is 0 Å². The molecule has 4 atom stereocenters. The number of carbonyl (C=O) groups is 5. The fraction of sp³-hybridized carbons (Fsp3) is 0.469. The Balaban J connectivity index is 1.77. The molecule has 1 fully saturated rings. The number of hydrogen-bond acceptors (Lipinski definition) is 8. The van der Waals surface area contributed by atoms with Crippen LogP contribution in [-0.2, 0) is 41.7 Å². The molecule has 5 N–H and O–H groups in total. The highest BCUT2D eigenvalue weighted by Gasteiger charge is 2.41. The van der Waals surface area contributed by atoms with Crippen LogP contribution in [0.15, 0.2) is 60.7 Å². The third-order valence-electron chi connectivity index (χ3n) is 6.98. The monoisotopic (exact) mass is 610 g/mol. The molecule has 4 amide bonds. The van der Waals surface area contributed by atoms with Crippen LogP contribution in [0.1, 0.15) is 57.6 Å². The Hall–Kier alpha value is -4.45. The number of rotatable bonds is 13. The summed E-state index contributed by atoms with van der Waals surface area (Å²) in [5.41, 5.74) is 6.00. The normalized spacial score (nSPS) is 16.7. The quantitative estimate of drug-likeness (QED) is 0.249. The summed E-state index contributed by atoms with van der Waals surface area (Å²) in [6.07, 6.45) is -2.00. The van der Waals surface area contributed by atoms with Crippen LogP contribution in [0.4, 0.5) is 4.79 Å². The van der Waals surface area contributed by atoms with Crippen LogP contribution in [0.2, 0.25) is 0 Å². The van der Waals surface area contributed by atoms with Gasteiger partial charge in [0.05, 0.1) is 6.04 Å². The molecule has 238 valence electrons. The molecule has 1 aliphatic heterocycles. The number of primary amides is 1. The number of nitrogens with two attached hydrogens (primary N) is 1. The number of likely N-dealkylation sites (tertiary alicyclic amines) is 1. The number of alkyl carbamates (subject to hydrolysis) is 1. The van der Waals surface area contributed by atoms with E-state index in [4.69, 9.17) is 15.2 Å². The van der Waals surface area contributed by atoms with Crippen molar-refractivity contribution in [2.75, 3.05) is 6.54 Å². The van der Waals surface area contributed by atoms with Gasteiger partial charge >= 0.3 is 12.1 Å². The minimum absolute atomic E-state index is 0.0463. The molecule has 0 spiro atoms. The molecule has 0 saturated carbocycles.